The van der Waals surface area contributed by atoms with Crippen LogP contribution in [0.15, 0.2) is 0 Å². The Morgan fingerprint density at radius 1 is 0.632 bits per heavy atom. The molecular weight excluding hydrogens is 228 g/mol. The summed E-state index contributed by atoms with van der Waals surface area (Å²) in [5.41, 5.74) is 0. The van der Waals surface area contributed by atoms with E-state index < -0.39 is 0 Å². The molecule has 0 aromatic rings. The summed E-state index contributed by atoms with van der Waals surface area (Å²) >= 11 is 0. The lowest BCUT2D eigenvalue weighted by Crippen LogP contribution is -2.03. The molecular formula is C19H39. The molecule has 0 aromatic heterocycles. The van der Waals surface area contributed by atoms with Crippen LogP contribution in [0.25, 0.3) is 0 Å². The minimum Gasteiger partial charge on any atom is -0.0654 e. The van der Waals surface area contributed by atoms with Gasteiger partial charge < -0.3 is 0 Å². The third kappa shape index (κ3) is 14.2. The summed E-state index contributed by atoms with van der Waals surface area (Å²) in [6.45, 7) is 11.1. The van der Waals surface area contributed by atoms with E-state index in [4.69, 9.17) is 0 Å². The highest BCUT2D eigenvalue weighted by Gasteiger charge is 2.05. The topological polar surface area (TPSA) is 0 Å². The molecule has 0 saturated heterocycles. The molecule has 0 saturated carbocycles. The molecule has 0 spiro atoms. The van der Waals surface area contributed by atoms with E-state index in [0.717, 1.165) is 5.92 Å². The summed E-state index contributed by atoms with van der Waals surface area (Å²) < 4.78 is 0. The van der Waals surface area contributed by atoms with Crippen molar-refractivity contribution < 1.29 is 0 Å². The number of rotatable bonds is 14. The van der Waals surface area contributed by atoms with Crippen LogP contribution in [0.1, 0.15) is 104 Å². The fourth-order valence-corrected chi connectivity index (χ4v) is 2.58. The van der Waals surface area contributed by atoms with Gasteiger partial charge in [0.05, 0.1) is 0 Å². The molecule has 0 aromatic carbocycles. The first-order valence-electron chi connectivity index (χ1n) is 9.01. The molecule has 1 radical (unpaired) electrons. The highest BCUT2D eigenvalue weighted by Crippen LogP contribution is 2.18. The van der Waals surface area contributed by atoms with E-state index >= 15 is 0 Å². The van der Waals surface area contributed by atoms with Crippen molar-refractivity contribution >= 4 is 0 Å². The van der Waals surface area contributed by atoms with Gasteiger partial charge in [0.25, 0.3) is 0 Å². The van der Waals surface area contributed by atoms with Gasteiger partial charge in [-0.25, -0.2) is 0 Å². The molecule has 0 amide bonds. The van der Waals surface area contributed by atoms with E-state index in [1.807, 2.05) is 0 Å². The molecule has 115 valence electrons. The summed E-state index contributed by atoms with van der Waals surface area (Å²) in [5.74, 6) is 1.43. The van der Waals surface area contributed by atoms with Crippen LogP contribution >= 0.6 is 0 Å². The summed E-state index contributed by atoms with van der Waals surface area (Å²) in [7, 11) is 0. The van der Waals surface area contributed by atoms with Gasteiger partial charge >= 0.3 is 0 Å². The smallest absolute Gasteiger partial charge is 0.0391 e. The maximum atomic E-state index is 4.23. The average Bonchev–Trinajstić information content (AvgIpc) is 2.39. The molecule has 0 aliphatic carbocycles. The second-order valence-electron chi connectivity index (χ2n) is 6.68. The van der Waals surface area contributed by atoms with E-state index in [0.29, 0.717) is 5.92 Å². The minimum atomic E-state index is 0.670. The first-order valence-corrected chi connectivity index (χ1v) is 9.01. The zero-order chi connectivity index (χ0) is 14.3. The van der Waals surface area contributed by atoms with Crippen molar-refractivity contribution in [3.05, 3.63) is 6.92 Å². The highest BCUT2D eigenvalue weighted by molar-refractivity contribution is 4.64. The number of hydrogen-bond donors (Lipinski definition) is 0. The lowest BCUT2D eigenvalue weighted by molar-refractivity contribution is 0.410. The second kappa shape index (κ2) is 14.4. The Hall–Kier alpha value is 0. The van der Waals surface area contributed by atoms with Gasteiger partial charge in [-0.3, -0.25) is 0 Å². The summed E-state index contributed by atoms with van der Waals surface area (Å²) in [4.78, 5) is 0. The lowest BCUT2D eigenvalue weighted by Gasteiger charge is -2.14. The molecule has 1 unspecified atom stereocenters. The van der Waals surface area contributed by atoms with Gasteiger partial charge in [0, 0.05) is 0 Å². The zero-order valence-corrected chi connectivity index (χ0v) is 14.1. The molecule has 0 N–H and O–H groups in total. The molecule has 0 bridgehead atoms. The Morgan fingerprint density at radius 2 is 1.00 bits per heavy atom. The molecule has 0 nitrogen and oxygen atoms in total. The van der Waals surface area contributed by atoms with Gasteiger partial charge in [-0.05, 0) is 18.8 Å². The average molecular weight is 268 g/mol. The standard InChI is InChI=1S/C19H39/c1-5-6-7-8-9-10-11-12-13-14-15-16-17-19(4)18(2)3/h18-19H,4-17H2,1-3H3. The molecule has 0 heterocycles. The van der Waals surface area contributed by atoms with Crippen LogP contribution in [0.2, 0.25) is 0 Å². The molecule has 1 atom stereocenters. The molecule has 0 rings (SSSR count). The van der Waals surface area contributed by atoms with Crippen LogP contribution in [0, 0.1) is 18.8 Å². The normalized spacial score (nSPS) is 13.1. The molecule has 0 aliphatic heterocycles. The quantitative estimate of drug-likeness (QED) is 0.292. The van der Waals surface area contributed by atoms with Crippen LogP contribution in [0.4, 0.5) is 0 Å². The summed E-state index contributed by atoms with van der Waals surface area (Å²) in [5, 5.41) is 0. The summed E-state index contributed by atoms with van der Waals surface area (Å²) in [6, 6.07) is 0. The third-order valence-corrected chi connectivity index (χ3v) is 4.37. The lowest BCUT2D eigenvalue weighted by atomic mass is 9.92. The van der Waals surface area contributed by atoms with Gasteiger partial charge in [-0.15, -0.1) is 0 Å². The summed E-state index contributed by atoms with van der Waals surface area (Å²) in [6.07, 6.45) is 18.6. The van der Waals surface area contributed by atoms with Crippen molar-refractivity contribution in [2.24, 2.45) is 11.8 Å². The number of unbranched alkanes of at least 4 members (excludes halogenated alkanes) is 11. The second-order valence-corrected chi connectivity index (χ2v) is 6.68. The highest BCUT2D eigenvalue weighted by atomic mass is 14.1. The van der Waals surface area contributed by atoms with Crippen molar-refractivity contribution in [1.82, 2.24) is 0 Å². The van der Waals surface area contributed by atoms with Crippen LogP contribution in [0.5, 0.6) is 0 Å². The van der Waals surface area contributed by atoms with Gasteiger partial charge in [-0.1, -0.05) is 104 Å². The fourth-order valence-electron chi connectivity index (χ4n) is 2.58. The van der Waals surface area contributed by atoms with Gasteiger partial charge in [0.2, 0.25) is 0 Å². The van der Waals surface area contributed by atoms with E-state index in [1.54, 1.807) is 0 Å². The Labute approximate surface area is 123 Å². The maximum Gasteiger partial charge on any atom is -0.0391 e. The third-order valence-electron chi connectivity index (χ3n) is 4.37. The predicted molar refractivity (Wildman–Crippen MR) is 89.4 cm³/mol. The molecule has 0 fully saturated rings. The Bertz CT molecular complexity index is 159. The van der Waals surface area contributed by atoms with E-state index in [2.05, 4.69) is 27.7 Å². The Kier molecular flexibility index (Phi) is 14.4. The van der Waals surface area contributed by atoms with Crippen molar-refractivity contribution in [3.63, 3.8) is 0 Å². The van der Waals surface area contributed by atoms with E-state index in [1.165, 1.54) is 83.5 Å². The Morgan fingerprint density at radius 3 is 1.37 bits per heavy atom. The van der Waals surface area contributed by atoms with Crippen molar-refractivity contribution in [2.75, 3.05) is 0 Å². The van der Waals surface area contributed by atoms with E-state index in [-0.39, 0.29) is 0 Å². The van der Waals surface area contributed by atoms with Gasteiger partial charge in [0.15, 0.2) is 0 Å². The van der Waals surface area contributed by atoms with Gasteiger partial charge in [-0.2, -0.15) is 0 Å². The van der Waals surface area contributed by atoms with E-state index in [9.17, 15) is 0 Å². The minimum absolute atomic E-state index is 0.670. The van der Waals surface area contributed by atoms with Crippen molar-refractivity contribution in [3.8, 4) is 0 Å². The predicted octanol–water partition coefficient (Wildman–Crippen LogP) is 7.18. The molecule has 19 heavy (non-hydrogen) atoms. The van der Waals surface area contributed by atoms with Gasteiger partial charge in [0.1, 0.15) is 0 Å². The first kappa shape index (κ1) is 19.0. The molecule has 0 heteroatoms. The SMILES string of the molecule is [CH2]C(CCCCCCCCCCCCCC)C(C)C. The molecule has 0 aliphatic rings. The van der Waals surface area contributed by atoms with Crippen molar-refractivity contribution in [1.29, 1.82) is 0 Å². The monoisotopic (exact) mass is 267 g/mol. The van der Waals surface area contributed by atoms with Crippen LogP contribution in [0.3, 0.4) is 0 Å². The zero-order valence-electron chi connectivity index (χ0n) is 14.1. The van der Waals surface area contributed by atoms with Crippen LogP contribution in [-0.4, -0.2) is 0 Å². The number of hydrogen-bond acceptors (Lipinski definition) is 0. The van der Waals surface area contributed by atoms with Crippen molar-refractivity contribution in [2.45, 2.75) is 104 Å². The largest absolute Gasteiger partial charge is 0.0654 e. The van der Waals surface area contributed by atoms with Crippen LogP contribution < -0.4 is 0 Å². The maximum absolute atomic E-state index is 4.23. The van der Waals surface area contributed by atoms with Crippen LogP contribution in [-0.2, 0) is 0 Å². The fraction of sp³-hybridized carbons (Fsp3) is 0.947. The first-order chi connectivity index (χ1) is 9.18. The Balaban J connectivity index is 3.03.